The standard InChI is InChI=1S/C16H23N3O3/c1-12-5-3-4-6-14(12)22-11-15(20)19-9-7-18(8-10-19)13(2)16(17)21/h3-6,13H,7-11H2,1-2H3,(H2,17,21). The zero-order valence-electron chi connectivity index (χ0n) is 13.1. The van der Waals surface area contributed by atoms with Crippen LogP contribution in [0, 0.1) is 6.92 Å². The van der Waals surface area contributed by atoms with E-state index in [1.807, 2.05) is 36.1 Å². The lowest BCUT2D eigenvalue weighted by atomic mass is 10.2. The van der Waals surface area contributed by atoms with Gasteiger partial charge in [0.15, 0.2) is 6.61 Å². The molecule has 1 unspecified atom stereocenters. The fraction of sp³-hybridized carbons (Fsp3) is 0.500. The van der Waals surface area contributed by atoms with Crippen LogP contribution in [0.25, 0.3) is 0 Å². The highest BCUT2D eigenvalue weighted by atomic mass is 16.5. The van der Waals surface area contributed by atoms with Crippen LogP contribution >= 0.6 is 0 Å². The summed E-state index contributed by atoms with van der Waals surface area (Å²) in [7, 11) is 0. The van der Waals surface area contributed by atoms with Crippen molar-refractivity contribution in [1.29, 1.82) is 0 Å². The Morgan fingerprint density at radius 2 is 1.86 bits per heavy atom. The Morgan fingerprint density at radius 1 is 1.23 bits per heavy atom. The van der Waals surface area contributed by atoms with Crippen LogP contribution in [0.3, 0.4) is 0 Å². The van der Waals surface area contributed by atoms with Gasteiger partial charge in [-0.1, -0.05) is 18.2 Å². The van der Waals surface area contributed by atoms with Gasteiger partial charge in [-0.25, -0.2) is 0 Å². The number of nitrogens with two attached hydrogens (primary N) is 1. The molecule has 0 aliphatic carbocycles. The summed E-state index contributed by atoms with van der Waals surface area (Å²) >= 11 is 0. The predicted octanol–water partition coefficient (Wildman–Crippen LogP) is 0.392. The van der Waals surface area contributed by atoms with Gasteiger partial charge in [-0.3, -0.25) is 14.5 Å². The molecule has 0 aromatic heterocycles. The molecule has 1 aromatic rings. The molecule has 2 rings (SSSR count). The van der Waals surface area contributed by atoms with Gasteiger partial charge < -0.3 is 15.4 Å². The first-order chi connectivity index (χ1) is 10.5. The molecule has 120 valence electrons. The summed E-state index contributed by atoms with van der Waals surface area (Å²) in [5, 5.41) is 0. The molecule has 0 spiro atoms. The topological polar surface area (TPSA) is 75.9 Å². The number of piperazine rings is 1. The summed E-state index contributed by atoms with van der Waals surface area (Å²) in [5.74, 6) is 0.370. The number of aryl methyl sites for hydroxylation is 1. The maximum Gasteiger partial charge on any atom is 0.260 e. The van der Waals surface area contributed by atoms with Crippen molar-refractivity contribution in [2.24, 2.45) is 5.73 Å². The maximum atomic E-state index is 12.2. The fourth-order valence-electron chi connectivity index (χ4n) is 2.49. The first-order valence-corrected chi connectivity index (χ1v) is 7.48. The van der Waals surface area contributed by atoms with E-state index in [2.05, 4.69) is 0 Å². The minimum Gasteiger partial charge on any atom is -0.484 e. The summed E-state index contributed by atoms with van der Waals surface area (Å²) in [6, 6.07) is 7.33. The second-order valence-corrected chi connectivity index (χ2v) is 5.55. The Bertz CT molecular complexity index is 539. The number of hydrogen-bond donors (Lipinski definition) is 1. The van der Waals surface area contributed by atoms with Crippen molar-refractivity contribution in [3.63, 3.8) is 0 Å². The van der Waals surface area contributed by atoms with Crippen LogP contribution < -0.4 is 10.5 Å². The van der Waals surface area contributed by atoms with E-state index in [0.717, 1.165) is 11.3 Å². The number of benzene rings is 1. The van der Waals surface area contributed by atoms with Gasteiger partial charge in [-0.15, -0.1) is 0 Å². The van der Waals surface area contributed by atoms with Crippen molar-refractivity contribution in [1.82, 2.24) is 9.80 Å². The third-order valence-electron chi connectivity index (χ3n) is 4.07. The molecule has 1 saturated heterocycles. The SMILES string of the molecule is Cc1ccccc1OCC(=O)N1CCN(C(C)C(N)=O)CC1. The number of rotatable bonds is 5. The lowest BCUT2D eigenvalue weighted by Crippen LogP contribution is -2.54. The molecule has 6 nitrogen and oxygen atoms in total. The van der Waals surface area contributed by atoms with Gasteiger partial charge in [0, 0.05) is 26.2 Å². The summed E-state index contributed by atoms with van der Waals surface area (Å²) in [4.78, 5) is 27.1. The molecular weight excluding hydrogens is 282 g/mol. The number of carbonyl (C=O) groups excluding carboxylic acids is 2. The zero-order valence-corrected chi connectivity index (χ0v) is 13.1. The zero-order chi connectivity index (χ0) is 16.1. The second kappa shape index (κ2) is 7.26. The van der Waals surface area contributed by atoms with Crippen LogP contribution in [0.5, 0.6) is 5.75 Å². The Kier molecular flexibility index (Phi) is 5.38. The third-order valence-corrected chi connectivity index (χ3v) is 4.07. The van der Waals surface area contributed by atoms with E-state index < -0.39 is 0 Å². The van der Waals surface area contributed by atoms with Gasteiger partial charge in [-0.2, -0.15) is 0 Å². The number of ether oxygens (including phenoxy) is 1. The number of nitrogens with zero attached hydrogens (tertiary/aromatic N) is 2. The quantitative estimate of drug-likeness (QED) is 0.854. The van der Waals surface area contributed by atoms with Crippen molar-refractivity contribution in [3.8, 4) is 5.75 Å². The molecule has 2 amide bonds. The van der Waals surface area contributed by atoms with E-state index in [-0.39, 0.29) is 24.5 Å². The predicted molar refractivity (Wildman–Crippen MR) is 83.5 cm³/mol. The van der Waals surface area contributed by atoms with Crippen LogP contribution in [-0.4, -0.2) is 60.4 Å². The highest BCUT2D eigenvalue weighted by Gasteiger charge is 2.26. The molecule has 6 heteroatoms. The molecule has 1 heterocycles. The van der Waals surface area contributed by atoms with E-state index in [0.29, 0.717) is 26.2 Å². The molecule has 2 N–H and O–H groups in total. The molecule has 1 aliphatic heterocycles. The molecule has 1 fully saturated rings. The van der Waals surface area contributed by atoms with E-state index >= 15 is 0 Å². The first-order valence-electron chi connectivity index (χ1n) is 7.48. The van der Waals surface area contributed by atoms with Crippen LogP contribution in [0.2, 0.25) is 0 Å². The number of para-hydroxylation sites is 1. The average Bonchev–Trinajstić information content (AvgIpc) is 2.53. The molecule has 22 heavy (non-hydrogen) atoms. The molecule has 0 saturated carbocycles. The molecule has 0 radical (unpaired) electrons. The summed E-state index contributed by atoms with van der Waals surface area (Å²) in [6.45, 7) is 6.27. The number of hydrogen-bond acceptors (Lipinski definition) is 4. The average molecular weight is 305 g/mol. The Hall–Kier alpha value is -2.08. The second-order valence-electron chi connectivity index (χ2n) is 5.55. The first kappa shape index (κ1) is 16.3. The van der Waals surface area contributed by atoms with Crippen molar-refractivity contribution in [2.45, 2.75) is 19.9 Å². The summed E-state index contributed by atoms with van der Waals surface area (Å²) in [6.07, 6.45) is 0. The maximum absolute atomic E-state index is 12.2. The van der Waals surface area contributed by atoms with E-state index in [1.54, 1.807) is 11.8 Å². The van der Waals surface area contributed by atoms with Crippen molar-refractivity contribution < 1.29 is 14.3 Å². The van der Waals surface area contributed by atoms with E-state index in [1.165, 1.54) is 0 Å². The lowest BCUT2D eigenvalue weighted by Gasteiger charge is -2.36. The van der Waals surface area contributed by atoms with E-state index in [9.17, 15) is 9.59 Å². The molecule has 1 atom stereocenters. The third kappa shape index (κ3) is 3.98. The Morgan fingerprint density at radius 3 is 2.45 bits per heavy atom. The minimum atomic E-state index is -0.331. The van der Waals surface area contributed by atoms with Crippen LogP contribution in [0.1, 0.15) is 12.5 Å². The summed E-state index contributed by atoms with van der Waals surface area (Å²) < 4.78 is 5.59. The van der Waals surface area contributed by atoms with Crippen molar-refractivity contribution in [3.05, 3.63) is 29.8 Å². The lowest BCUT2D eigenvalue weighted by molar-refractivity contribution is -0.135. The van der Waals surface area contributed by atoms with Crippen molar-refractivity contribution >= 4 is 11.8 Å². The fourth-order valence-corrected chi connectivity index (χ4v) is 2.49. The summed E-state index contributed by atoms with van der Waals surface area (Å²) in [5.41, 5.74) is 6.32. The number of amides is 2. The van der Waals surface area contributed by atoms with Gasteiger partial charge in [0.05, 0.1) is 6.04 Å². The van der Waals surface area contributed by atoms with Gasteiger partial charge in [0.2, 0.25) is 5.91 Å². The highest BCUT2D eigenvalue weighted by Crippen LogP contribution is 2.16. The molecule has 1 aliphatic rings. The smallest absolute Gasteiger partial charge is 0.260 e. The van der Waals surface area contributed by atoms with Crippen LogP contribution in [0.15, 0.2) is 24.3 Å². The number of primary amides is 1. The molecular formula is C16H23N3O3. The monoisotopic (exact) mass is 305 g/mol. The van der Waals surface area contributed by atoms with Gasteiger partial charge in [-0.05, 0) is 25.5 Å². The largest absolute Gasteiger partial charge is 0.484 e. The van der Waals surface area contributed by atoms with Crippen LogP contribution in [-0.2, 0) is 9.59 Å². The van der Waals surface area contributed by atoms with Crippen LogP contribution in [0.4, 0.5) is 0 Å². The van der Waals surface area contributed by atoms with Crippen molar-refractivity contribution in [2.75, 3.05) is 32.8 Å². The van der Waals surface area contributed by atoms with Gasteiger partial charge >= 0.3 is 0 Å². The highest BCUT2D eigenvalue weighted by molar-refractivity contribution is 5.80. The molecule has 0 bridgehead atoms. The number of carbonyl (C=O) groups is 2. The minimum absolute atomic E-state index is 0.0327. The normalized spacial score (nSPS) is 17.1. The Labute approximate surface area is 130 Å². The molecule has 1 aromatic carbocycles. The van der Waals surface area contributed by atoms with Gasteiger partial charge in [0.1, 0.15) is 5.75 Å². The van der Waals surface area contributed by atoms with E-state index in [4.69, 9.17) is 10.5 Å². The Balaban J connectivity index is 1.80. The van der Waals surface area contributed by atoms with Gasteiger partial charge in [0.25, 0.3) is 5.91 Å².